The summed E-state index contributed by atoms with van der Waals surface area (Å²) in [5.41, 5.74) is 2.58. The zero-order valence-electron chi connectivity index (χ0n) is 12.3. The highest BCUT2D eigenvalue weighted by Gasteiger charge is 2.61. The lowest BCUT2D eigenvalue weighted by Crippen LogP contribution is -2.56. The predicted octanol–water partition coefficient (Wildman–Crippen LogP) is 3.28. The minimum atomic E-state index is -4.94. The van der Waals surface area contributed by atoms with Gasteiger partial charge in [-0.3, -0.25) is 0 Å². The molecule has 0 fully saturated rings. The largest absolute Gasteiger partial charge is 0.507 e. The fraction of sp³-hybridized carbons (Fsp3) is 0.600. The van der Waals surface area contributed by atoms with Crippen molar-refractivity contribution in [2.24, 2.45) is 5.73 Å². The zero-order chi connectivity index (χ0) is 16.9. The first-order valence-corrected chi connectivity index (χ1v) is 7.17. The predicted molar refractivity (Wildman–Crippen MR) is 73.0 cm³/mol. The summed E-state index contributed by atoms with van der Waals surface area (Å²) in [5.74, 6) is -1.90. The van der Waals surface area contributed by atoms with E-state index in [2.05, 4.69) is 0 Å². The van der Waals surface area contributed by atoms with Crippen LogP contribution in [0.2, 0.25) is 0 Å². The van der Waals surface area contributed by atoms with E-state index >= 15 is 0 Å². The maximum atomic E-state index is 14.0. The quantitative estimate of drug-likeness (QED) is 0.732. The number of hydrogen-bond acceptors (Lipinski definition) is 3. The van der Waals surface area contributed by atoms with Crippen molar-refractivity contribution in [2.75, 3.05) is 0 Å². The summed E-state index contributed by atoms with van der Waals surface area (Å²) in [6, 6.07) is -0.923. The van der Waals surface area contributed by atoms with Gasteiger partial charge in [0.25, 0.3) is 0 Å². The normalized spacial score (nSPS) is 28.5. The summed E-state index contributed by atoms with van der Waals surface area (Å²) < 4.78 is 53.7. The number of phenolic OH excluding ortho intramolecular Hbond substituents is 1. The van der Waals surface area contributed by atoms with Crippen molar-refractivity contribution in [3.8, 4) is 5.75 Å². The van der Waals surface area contributed by atoms with Gasteiger partial charge in [-0.15, -0.1) is 0 Å². The van der Waals surface area contributed by atoms with Crippen LogP contribution in [0.3, 0.4) is 0 Å². The van der Waals surface area contributed by atoms with E-state index in [1.807, 2.05) is 0 Å². The van der Waals surface area contributed by atoms with Crippen LogP contribution in [0.25, 0.3) is 0 Å². The number of phenols is 1. The fourth-order valence-corrected chi connectivity index (χ4v) is 3.24. The number of benzene rings is 1. The topological polar surface area (TPSA) is 66.5 Å². The van der Waals surface area contributed by atoms with Gasteiger partial charge in [0, 0.05) is 11.1 Å². The Morgan fingerprint density at radius 2 is 1.95 bits per heavy atom. The monoisotopic (exact) mass is 321 g/mol. The molecule has 0 aliphatic heterocycles. The molecule has 2 rings (SSSR count). The summed E-state index contributed by atoms with van der Waals surface area (Å²) in [7, 11) is 0. The third-order valence-electron chi connectivity index (χ3n) is 4.58. The number of halogens is 4. The van der Waals surface area contributed by atoms with Crippen LogP contribution in [-0.4, -0.2) is 22.0 Å². The van der Waals surface area contributed by atoms with Gasteiger partial charge in [0.1, 0.15) is 11.6 Å². The fourth-order valence-electron chi connectivity index (χ4n) is 3.24. The van der Waals surface area contributed by atoms with Gasteiger partial charge in [-0.25, -0.2) is 4.39 Å². The maximum Gasteiger partial charge on any atom is 0.419 e. The van der Waals surface area contributed by atoms with Crippen molar-refractivity contribution in [1.29, 1.82) is 0 Å². The molecule has 0 aromatic heterocycles. The number of hydrogen-bond donors (Lipinski definition) is 3. The molecule has 4 N–H and O–H groups in total. The molecule has 1 aliphatic rings. The van der Waals surface area contributed by atoms with E-state index in [0.717, 1.165) is 6.07 Å². The van der Waals surface area contributed by atoms with Crippen LogP contribution in [0.4, 0.5) is 17.6 Å². The molecule has 0 saturated carbocycles. The summed E-state index contributed by atoms with van der Waals surface area (Å²) in [5, 5.41) is 20.3. The minimum absolute atomic E-state index is 0.0573. The van der Waals surface area contributed by atoms with Crippen molar-refractivity contribution in [3.63, 3.8) is 0 Å². The molecule has 0 radical (unpaired) electrons. The summed E-state index contributed by atoms with van der Waals surface area (Å²) in [4.78, 5) is 0. The van der Waals surface area contributed by atoms with Crippen LogP contribution in [0.1, 0.15) is 55.3 Å². The summed E-state index contributed by atoms with van der Waals surface area (Å²) in [6.45, 7) is 3.29. The Kier molecular flexibility index (Phi) is 4.16. The van der Waals surface area contributed by atoms with E-state index in [1.165, 1.54) is 0 Å². The summed E-state index contributed by atoms with van der Waals surface area (Å²) >= 11 is 0. The first kappa shape index (κ1) is 17.0. The van der Waals surface area contributed by atoms with Crippen LogP contribution >= 0.6 is 0 Å². The van der Waals surface area contributed by atoms with Gasteiger partial charge in [0.2, 0.25) is 0 Å². The van der Waals surface area contributed by atoms with Gasteiger partial charge in [-0.2, -0.15) is 13.2 Å². The highest BCUT2D eigenvalue weighted by molar-refractivity contribution is 5.52. The Labute approximate surface area is 125 Å². The smallest absolute Gasteiger partial charge is 0.419 e. The Bertz CT molecular complexity index is 588. The molecule has 22 heavy (non-hydrogen) atoms. The molecule has 0 amide bonds. The van der Waals surface area contributed by atoms with Gasteiger partial charge < -0.3 is 15.9 Å². The maximum absolute atomic E-state index is 14.0. The van der Waals surface area contributed by atoms with Crippen LogP contribution in [0, 0.1) is 5.82 Å². The molecule has 7 heteroatoms. The van der Waals surface area contributed by atoms with Crippen LogP contribution in [-0.2, 0) is 6.42 Å². The Hall–Kier alpha value is -1.34. The highest BCUT2D eigenvalue weighted by Crippen LogP contribution is 2.53. The number of alkyl halides is 3. The number of nitrogens with two attached hydrogens (primary N) is 1. The van der Waals surface area contributed by atoms with Gasteiger partial charge in [0.05, 0.1) is 6.04 Å². The second-order valence-electron chi connectivity index (χ2n) is 5.75. The minimum Gasteiger partial charge on any atom is -0.507 e. The first-order valence-electron chi connectivity index (χ1n) is 7.17. The molecule has 3 nitrogen and oxygen atoms in total. The Morgan fingerprint density at radius 1 is 1.36 bits per heavy atom. The third kappa shape index (κ3) is 2.27. The number of aromatic hydroxyl groups is 1. The lowest BCUT2D eigenvalue weighted by molar-refractivity contribution is -0.275. The molecule has 0 bridgehead atoms. The molecular formula is C15H19F4NO2. The molecule has 1 aromatic carbocycles. The van der Waals surface area contributed by atoms with Crippen LogP contribution < -0.4 is 5.73 Å². The standard InChI is InChI=1S/C15H19F4NO2/c1-3-7-6-14(22,15(17,18)19)13(20)9-5-10(16)8(4-2)12(21)11(7)9/h5,7,13,21-22H,3-4,6,20H2,1-2H3/t7-,13+,14-/m1/s1. The van der Waals surface area contributed by atoms with E-state index < -0.39 is 36.0 Å². The van der Waals surface area contributed by atoms with Crippen LogP contribution in [0.15, 0.2) is 6.07 Å². The number of rotatable bonds is 2. The van der Waals surface area contributed by atoms with Gasteiger partial charge in [-0.1, -0.05) is 13.8 Å². The van der Waals surface area contributed by atoms with E-state index in [4.69, 9.17) is 5.73 Å². The molecule has 0 heterocycles. The number of fused-ring (bicyclic) bond motifs is 1. The van der Waals surface area contributed by atoms with Crippen molar-refractivity contribution < 1.29 is 27.8 Å². The highest BCUT2D eigenvalue weighted by atomic mass is 19.4. The number of aliphatic hydroxyl groups is 1. The molecule has 3 atom stereocenters. The average Bonchev–Trinajstić information content (AvgIpc) is 2.42. The summed E-state index contributed by atoms with van der Waals surface area (Å²) in [6.07, 6.45) is -5.11. The molecule has 124 valence electrons. The van der Waals surface area contributed by atoms with Crippen molar-refractivity contribution in [3.05, 3.63) is 28.6 Å². The van der Waals surface area contributed by atoms with Gasteiger partial charge in [0.15, 0.2) is 5.60 Å². The Morgan fingerprint density at radius 3 is 2.41 bits per heavy atom. The molecular weight excluding hydrogens is 302 g/mol. The molecule has 0 saturated heterocycles. The molecule has 0 unspecified atom stereocenters. The van der Waals surface area contributed by atoms with Crippen molar-refractivity contribution in [1.82, 2.24) is 0 Å². The SMILES string of the molecule is CCc1c(F)cc2c(c1O)[C@H](CC)C[C@](O)(C(F)(F)F)[C@H]2N. The lowest BCUT2D eigenvalue weighted by Gasteiger charge is -2.44. The van der Waals surface area contributed by atoms with E-state index in [1.54, 1.807) is 13.8 Å². The average molecular weight is 321 g/mol. The van der Waals surface area contributed by atoms with Gasteiger partial charge >= 0.3 is 6.18 Å². The molecule has 0 spiro atoms. The van der Waals surface area contributed by atoms with E-state index in [-0.39, 0.29) is 35.3 Å². The van der Waals surface area contributed by atoms with Crippen molar-refractivity contribution in [2.45, 2.75) is 56.8 Å². The van der Waals surface area contributed by atoms with Crippen molar-refractivity contribution >= 4 is 0 Å². The lowest BCUT2D eigenvalue weighted by atomic mass is 9.69. The Balaban J connectivity index is 2.72. The zero-order valence-corrected chi connectivity index (χ0v) is 12.3. The molecule has 1 aromatic rings. The third-order valence-corrected chi connectivity index (χ3v) is 4.58. The van der Waals surface area contributed by atoms with E-state index in [0.29, 0.717) is 0 Å². The van der Waals surface area contributed by atoms with Crippen LogP contribution in [0.5, 0.6) is 5.75 Å². The first-order chi connectivity index (χ1) is 10.1. The second kappa shape index (κ2) is 5.38. The second-order valence-corrected chi connectivity index (χ2v) is 5.75. The molecule has 1 aliphatic carbocycles. The van der Waals surface area contributed by atoms with E-state index in [9.17, 15) is 27.8 Å². The van der Waals surface area contributed by atoms with Gasteiger partial charge in [-0.05, 0) is 36.8 Å².